The van der Waals surface area contributed by atoms with E-state index < -0.39 is 0 Å². The molecule has 0 radical (unpaired) electrons. The zero-order valence-electron chi connectivity index (χ0n) is 14.1. The summed E-state index contributed by atoms with van der Waals surface area (Å²) in [5.41, 5.74) is 6.99. The van der Waals surface area contributed by atoms with E-state index in [1.54, 1.807) is 0 Å². The number of nitrogens with zero attached hydrogens (tertiary/aromatic N) is 1. The highest BCUT2D eigenvalue weighted by molar-refractivity contribution is 5.03. The Morgan fingerprint density at radius 1 is 1.11 bits per heavy atom. The molecule has 0 bridgehead atoms. The Balaban J connectivity index is 2.99. The third kappa shape index (κ3) is 3.95. The van der Waals surface area contributed by atoms with Crippen LogP contribution in [0.1, 0.15) is 73.6 Å². The van der Waals surface area contributed by atoms with Crippen molar-refractivity contribution in [3.05, 3.63) is 0 Å². The number of rotatable bonds is 7. The van der Waals surface area contributed by atoms with Crippen LogP contribution >= 0.6 is 0 Å². The molecule has 1 fully saturated rings. The molecule has 1 rings (SSSR count). The van der Waals surface area contributed by atoms with Crippen molar-refractivity contribution in [3.63, 3.8) is 0 Å². The smallest absolute Gasteiger partial charge is 0.0340 e. The number of hydrogen-bond acceptors (Lipinski definition) is 2. The van der Waals surface area contributed by atoms with Gasteiger partial charge in [0.25, 0.3) is 0 Å². The summed E-state index contributed by atoms with van der Waals surface area (Å²) in [6, 6.07) is 0.694. The van der Waals surface area contributed by atoms with Crippen LogP contribution in [-0.4, -0.2) is 29.6 Å². The molecule has 0 amide bonds. The molecule has 2 nitrogen and oxygen atoms in total. The Morgan fingerprint density at radius 3 is 2.00 bits per heavy atom. The third-order valence-corrected chi connectivity index (χ3v) is 5.01. The summed E-state index contributed by atoms with van der Waals surface area (Å²) in [5.74, 6) is 0.715. The predicted molar refractivity (Wildman–Crippen MR) is 85.3 cm³/mol. The second kappa shape index (κ2) is 6.58. The summed E-state index contributed by atoms with van der Waals surface area (Å²) in [7, 11) is 0. The van der Waals surface area contributed by atoms with E-state index in [0.717, 1.165) is 6.54 Å². The monoisotopic (exact) mass is 268 g/mol. The molecule has 0 aromatic heterocycles. The maximum absolute atomic E-state index is 6.27. The van der Waals surface area contributed by atoms with Gasteiger partial charge < -0.3 is 5.73 Å². The van der Waals surface area contributed by atoms with E-state index in [1.807, 2.05) is 0 Å². The fraction of sp³-hybridized carbons (Fsp3) is 1.00. The molecule has 1 aliphatic rings. The molecule has 114 valence electrons. The summed E-state index contributed by atoms with van der Waals surface area (Å²) < 4.78 is 0. The molecule has 2 heteroatoms. The Hall–Kier alpha value is -0.0800. The van der Waals surface area contributed by atoms with Crippen molar-refractivity contribution in [1.29, 1.82) is 0 Å². The van der Waals surface area contributed by atoms with Crippen LogP contribution in [0, 0.1) is 11.3 Å². The Bertz CT molecular complexity index is 268. The molecule has 1 atom stereocenters. The van der Waals surface area contributed by atoms with Crippen molar-refractivity contribution < 1.29 is 0 Å². The van der Waals surface area contributed by atoms with E-state index in [2.05, 4.69) is 46.4 Å². The van der Waals surface area contributed by atoms with Crippen molar-refractivity contribution in [1.82, 2.24) is 4.90 Å². The van der Waals surface area contributed by atoms with Gasteiger partial charge in [0.15, 0.2) is 0 Å². The van der Waals surface area contributed by atoms with Crippen molar-refractivity contribution in [2.24, 2.45) is 17.1 Å². The molecule has 0 aliphatic heterocycles. The zero-order valence-corrected chi connectivity index (χ0v) is 14.1. The van der Waals surface area contributed by atoms with Crippen LogP contribution in [-0.2, 0) is 0 Å². The van der Waals surface area contributed by atoms with Gasteiger partial charge in [0, 0.05) is 24.7 Å². The lowest BCUT2D eigenvalue weighted by Crippen LogP contribution is -2.57. The van der Waals surface area contributed by atoms with E-state index in [4.69, 9.17) is 5.73 Å². The predicted octanol–water partition coefficient (Wildman–Crippen LogP) is 4.04. The standard InChI is InChI=1S/C17H36N2/c1-7-15(8-2)19(11-14(3)4)17(13-18)10-9-16(5,6)12-17/h14-15H,7-13,18H2,1-6H3. The normalized spacial score (nSPS) is 26.8. The fourth-order valence-corrected chi connectivity index (χ4v) is 4.03. The van der Waals surface area contributed by atoms with Gasteiger partial charge in [-0.05, 0) is 43.4 Å². The molecule has 19 heavy (non-hydrogen) atoms. The first-order valence-corrected chi connectivity index (χ1v) is 8.27. The second-order valence-corrected chi connectivity index (χ2v) is 7.79. The molecule has 0 saturated heterocycles. The van der Waals surface area contributed by atoms with Crippen molar-refractivity contribution in [2.45, 2.75) is 85.2 Å². The first kappa shape index (κ1) is 17.0. The lowest BCUT2D eigenvalue weighted by molar-refractivity contribution is 0.0290. The highest BCUT2D eigenvalue weighted by atomic mass is 15.2. The average Bonchev–Trinajstić information content (AvgIpc) is 2.66. The topological polar surface area (TPSA) is 29.3 Å². The second-order valence-electron chi connectivity index (χ2n) is 7.79. The maximum atomic E-state index is 6.27. The van der Waals surface area contributed by atoms with Crippen molar-refractivity contribution in [3.8, 4) is 0 Å². The molecule has 1 aliphatic carbocycles. The van der Waals surface area contributed by atoms with Gasteiger partial charge in [0.05, 0.1) is 0 Å². The van der Waals surface area contributed by atoms with E-state index in [9.17, 15) is 0 Å². The Morgan fingerprint density at radius 2 is 1.68 bits per heavy atom. The number of nitrogens with two attached hydrogens (primary N) is 1. The summed E-state index contributed by atoms with van der Waals surface area (Å²) >= 11 is 0. The molecule has 1 unspecified atom stereocenters. The van der Waals surface area contributed by atoms with Crippen LogP contribution in [0.15, 0.2) is 0 Å². The quantitative estimate of drug-likeness (QED) is 0.755. The summed E-state index contributed by atoms with van der Waals surface area (Å²) in [5, 5.41) is 0. The van der Waals surface area contributed by atoms with Gasteiger partial charge in [0.2, 0.25) is 0 Å². The van der Waals surface area contributed by atoms with Crippen LogP contribution in [0.4, 0.5) is 0 Å². The minimum atomic E-state index is 0.254. The van der Waals surface area contributed by atoms with Crippen LogP contribution in [0.3, 0.4) is 0 Å². The van der Waals surface area contributed by atoms with Crippen LogP contribution in [0.5, 0.6) is 0 Å². The summed E-state index contributed by atoms with van der Waals surface area (Å²) in [4.78, 5) is 2.78. The van der Waals surface area contributed by atoms with E-state index >= 15 is 0 Å². The van der Waals surface area contributed by atoms with Crippen molar-refractivity contribution >= 4 is 0 Å². The van der Waals surface area contributed by atoms with Gasteiger partial charge in [-0.1, -0.05) is 41.5 Å². The first-order valence-electron chi connectivity index (χ1n) is 8.27. The van der Waals surface area contributed by atoms with Gasteiger partial charge in [-0.3, -0.25) is 4.90 Å². The largest absolute Gasteiger partial charge is 0.329 e. The lowest BCUT2D eigenvalue weighted by Gasteiger charge is -2.47. The van der Waals surface area contributed by atoms with Crippen LogP contribution in [0.25, 0.3) is 0 Å². The minimum Gasteiger partial charge on any atom is -0.329 e. The summed E-state index contributed by atoms with van der Waals surface area (Å²) in [6.45, 7) is 16.1. The molecule has 0 heterocycles. The SMILES string of the molecule is CCC(CC)N(CC(C)C)C1(CN)CCC(C)(C)C1. The average molecular weight is 268 g/mol. The lowest BCUT2D eigenvalue weighted by atomic mass is 9.85. The van der Waals surface area contributed by atoms with Gasteiger partial charge in [0.1, 0.15) is 0 Å². The molecular weight excluding hydrogens is 232 g/mol. The molecule has 0 spiro atoms. The number of hydrogen-bond donors (Lipinski definition) is 1. The summed E-state index contributed by atoms with van der Waals surface area (Å²) in [6.07, 6.45) is 6.34. The minimum absolute atomic E-state index is 0.254. The van der Waals surface area contributed by atoms with Crippen LogP contribution < -0.4 is 5.73 Å². The van der Waals surface area contributed by atoms with E-state index in [0.29, 0.717) is 17.4 Å². The molecule has 0 aromatic rings. The van der Waals surface area contributed by atoms with Gasteiger partial charge in [-0.2, -0.15) is 0 Å². The van der Waals surface area contributed by atoms with Gasteiger partial charge in [-0.25, -0.2) is 0 Å². The fourth-order valence-electron chi connectivity index (χ4n) is 4.03. The maximum Gasteiger partial charge on any atom is 0.0340 e. The van der Waals surface area contributed by atoms with Crippen LogP contribution in [0.2, 0.25) is 0 Å². The Kier molecular flexibility index (Phi) is 5.88. The molecular formula is C17H36N2. The Labute approximate surface area is 121 Å². The van der Waals surface area contributed by atoms with E-state index in [-0.39, 0.29) is 5.54 Å². The highest BCUT2D eigenvalue weighted by Gasteiger charge is 2.47. The molecule has 1 saturated carbocycles. The van der Waals surface area contributed by atoms with Crippen molar-refractivity contribution in [2.75, 3.05) is 13.1 Å². The molecule has 0 aromatic carbocycles. The van der Waals surface area contributed by atoms with Gasteiger partial charge in [-0.15, -0.1) is 0 Å². The third-order valence-electron chi connectivity index (χ3n) is 5.01. The van der Waals surface area contributed by atoms with E-state index in [1.165, 1.54) is 38.6 Å². The zero-order chi connectivity index (χ0) is 14.7. The highest BCUT2D eigenvalue weighted by Crippen LogP contribution is 2.47. The van der Waals surface area contributed by atoms with Gasteiger partial charge >= 0.3 is 0 Å². The first-order chi connectivity index (χ1) is 8.80. The molecule has 2 N–H and O–H groups in total.